The normalized spacial score (nSPS) is 14.4. The summed E-state index contributed by atoms with van der Waals surface area (Å²) >= 11 is 0. The van der Waals surface area contributed by atoms with Gasteiger partial charge in [0.05, 0.1) is 12.1 Å². The molecule has 0 radical (unpaired) electrons. The van der Waals surface area contributed by atoms with Crippen molar-refractivity contribution in [2.45, 2.75) is 64.5 Å². The van der Waals surface area contributed by atoms with Gasteiger partial charge < -0.3 is 9.74 Å². The average Bonchev–Trinajstić information content (AvgIpc) is 2.11. The third kappa shape index (κ3) is 5.95. The lowest BCUT2D eigenvalue weighted by atomic mass is 10.1. The zero-order valence-electron chi connectivity index (χ0n) is 12.7. The maximum Gasteiger partial charge on any atom is 0.471 e. The minimum Gasteiger partial charge on any atom is -0.414 e. The second-order valence-corrected chi connectivity index (χ2v) is 11.7. The lowest BCUT2D eigenvalue weighted by Crippen LogP contribution is -2.54. The van der Waals surface area contributed by atoms with E-state index in [4.69, 9.17) is 4.43 Å². The average molecular weight is 299 g/mol. The first-order valence-corrected chi connectivity index (χ1v) is 9.03. The van der Waals surface area contributed by atoms with Gasteiger partial charge in [0.1, 0.15) is 0 Å². The van der Waals surface area contributed by atoms with Crippen molar-refractivity contribution in [3.63, 3.8) is 0 Å². The Bertz CT molecular complexity index is 333. The third-order valence-electron chi connectivity index (χ3n) is 3.31. The number of rotatable bonds is 4. The summed E-state index contributed by atoms with van der Waals surface area (Å²) in [7, 11) is -2.04. The van der Waals surface area contributed by atoms with Crippen molar-refractivity contribution >= 4 is 14.2 Å². The van der Waals surface area contributed by atoms with E-state index in [0.29, 0.717) is 0 Å². The number of hydrogen-bond acceptors (Lipinski definition) is 2. The van der Waals surface area contributed by atoms with Crippen molar-refractivity contribution in [3.05, 3.63) is 0 Å². The molecule has 3 nitrogen and oxygen atoms in total. The Morgan fingerprint density at radius 2 is 1.53 bits per heavy atom. The molecule has 19 heavy (non-hydrogen) atoms. The van der Waals surface area contributed by atoms with Crippen LogP contribution in [0, 0.1) is 0 Å². The Kier molecular flexibility index (Phi) is 5.28. The molecule has 1 amide bonds. The molecule has 0 aliphatic heterocycles. The lowest BCUT2D eigenvalue weighted by molar-refractivity contribution is -0.175. The first kappa shape index (κ1) is 18.4. The molecule has 0 spiro atoms. The quantitative estimate of drug-likeness (QED) is 0.807. The van der Waals surface area contributed by atoms with Gasteiger partial charge in [0.15, 0.2) is 8.32 Å². The predicted octanol–water partition coefficient (Wildman–Crippen LogP) is 3.47. The van der Waals surface area contributed by atoms with E-state index in [9.17, 15) is 18.0 Å². The van der Waals surface area contributed by atoms with Gasteiger partial charge in [0, 0.05) is 0 Å². The monoisotopic (exact) mass is 299 g/mol. The van der Waals surface area contributed by atoms with Crippen molar-refractivity contribution in [2.75, 3.05) is 6.61 Å². The van der Waals surface area contributed by atoms with Crippen LogP contribution in [-0.2, 0) is 9.22 Å². The van der Waals surface area contributed by atoms with Gasteiger partial charge in [-0.25, -0.2) is 0 Å². The van der Waals surface area contributed by atoms with Crippen molar-refractivity contribution in [3.8, 4) is 0 Å². The molecule has 0 aromatic rings. The fourth-order valence-electron chi connectivity index (χ4n) is 0.992. The van der Waals surface area contributed by atoms with E-state index >= 15 is 0 Å². The second kappa shape index (κ2) is 5.44. The minimum atomic E-state index is -4.87. The van der Waals surface area contributed by atoms with Crippen LogP contribution in [0.1, 0.15) is 34.6 Å². The summed E-state index contributed by atoms with van der Waals surface area (Å²) in [4.78, 5) is 10.9. The van der Waals surface area contributed by atoms with Gasteiger partial charge in [0.2, 0.25) is 0 Å². The highest BCUT2D eigenvalue weighted by atomic mass is 28.4. The van der Waals surface area contributed by atoms with Gasteiger partial charge in [0.25, 0.3) is 0 Å². The van der Waals surface area contributed by atoms with Crippen molar-refractivity contribution in [1.82, 2.24) is 5.32 Å². The summed E-state index contributed by atoms with van der Waals surface area (Å²) in [5.41, 5.74) is -1.05. The number of amides is 1. The van der Waals surface area contributed by atoms with Crippen LogP contribution in [0.3, 0.4) is 0 Å². The van der Waals surface area contributed by atoms with Crippen molar-refractivity contribution in [1.29, 1.82) is 0 Å². The van der Waals surface area contributed by atoms with E-state index in [0.717, 1.165) is 0 Å². The smallest absolute Gasteiger partial charge is 0.414 e. The van der Waals surface area contributed by atoms with Crippen LogP contribution < -0.4 is 5.32 Å². The highest BCUT2D eigenvalue weighted by Crippen LogP contribution is 2.37. The highest BCUT2D eigenvalue weighted by molar-refractivity contribution is 6.74. The van der Waals surface area contributed by atoms with E-state index in [-0.39, 0.29) is 11.6 Å². The number of nitrogens with one attached hydrogen (secondary N) is 1. The van der Waals surface area contributed by atoms with Crippen LogP contribution >= 0.6 is 0 Å². The second-order valence-electron chi connectivity index (χ2n) is 6.88. The van der Waals surface area contributed by atoms with Gasteiger partial charge >= 0.3 is 12.1 Å². The fourth-order valence-corrected chi connectivity index (χ4v) is 2.15. The van der Waals surface area contributed by atoms with Crippen LogP contribution in [0.15, 0.2) is 0 Å². The largest absolute Gasteiger partial charge is 0.471 e. The Balaban J connectivity index is 4.61. The number of alkyl halides is 3. The Morgan fingerprint density at radius 3 is 1.84 bits per heavy atom. The molecule has 0 saturated carbocycles. The van der Waals surface area contributed by atoms with Gasteiger partial charge in [-0.1, -0.05) is 20.8 Å². The van der Waals surface area contributed by atoms with E-state index in [2.05, 4.69) is 0 Å². The van der Waals surface area contributed by atoms with Crippen LogP contribution in [0.25, 0.3) is 0 Å². The summed E-state index contributed by atoms with van der Waals surface area (Å²) in [6.45, 7) is 13.2. The van der Waals surface area contributed by atoms with Crippen LogP contribution in [0.5, 0.6) is 0 Å². The lowest BCUT2D eigenvalue weighted by Gasteiger charge is -2.39. The molecule has 0 atom stereocenters. The van der Waals surface area contributed by atoms with Gasteiger partial charge in [-0.3, -0.25) is 4.79 Å². The molecule has 0 aromatic heterocycles. The highest BCUT2D eigenvalue weighted by Gasteiger charge is 2.43. The summed E-state index contributed by atoms with van der Waals surface area (Å²) < 4.78 is 42.4. The molecule has 114 valence electrons. The minimum absolute atomic E-state index is 0.0306. The number of hydrogen-bond donors (Lipinski definition) is 1. The van der Waals surface area contributed by atoms with E-state index in [1.165, 1.54) is 13.8 Å². The first-order chi connectivity index (χ1) is 8.08. The van der Waals surface area contributed by atoms with Crippen molar-refractivity contribution < 1.29 is 22.4 Å². The topological polar surface area (TPSA) is 38.3 Å². The van der Waals surface area contributed by atoms with E-state index in [1.54, 1.807) is 0 Å². The standard InChI is InChI=1S/C12H24F3NO2Si/c1-10(2,3)19(6,7)18-8-11(4,5)16-9(17)12(13,14)15/h8H2,1-7H3,(H,16,17). The zero-order chi connectivity index (χ0) is 15.7. The summed E-state index contributed by atoms with van der Waals surface area (Å²) in [5.74, 6) is -1.93. The molecule has 0 aliphatic rings. The van der Waals surface area contributed by atoms with Crippen LogP contribution in [0.4, 0.5) is 13.2 Å². The Labute approximate surface area is 114 Å². The zero-order valence-corrected chi connectivity index (χ0v) is 13.7. The molecule has 0 aliphatic carbocycles. The predicted molar refractivity (Wildman–Crippen MR) is 71.4 cm³/mol. The van der Waals surface area contributed by atoms with Gasteiger partial charge in [-0.05, 0) is 32.0 Å². The summed E-state index contributed by atoms with van der Waals surface area (Å²) in [6.07, 6.45) is -4.87. The Morgan fingerprint density at radius 1 is 1.11 bits per heavy atom. The molecule has 1 N–H and O–H groups in total. The molecule has 0 heterocycles. The molecular weight excluding hydrogens is 275 g/mol. The molecule has 0 bridgehead atoms. The molecule has 7 heteroatoms. The third-order valence-corrected chi connectivity index (χ3v) is 7.79. The van der Waals surface area contributed by atoms with Crippen LogP contribution in [0.2, 0.25) is 18.1 Å². The summed E-state index contributed by atoms with van der Waals surface area (Å²) in [6, 6.07) is 0. The number of carbonyl (C=O) groups excluding carboxylic acids is 1. The molecule has 0 fully saturated rings. The fraction of sp³-hybridized carbons (Fsp3) is 0.917. The molecule has 0 saturated heterocycles. The number of halogens is 3. The molecule has 0 rings (SSSR count). The molecule has 0 unspecified atom stereocenters. The molecule has 0 aromatic carbocycles. The maximum absolute atomic E-state index is 12.2. The van der Waals surface area contributed by atoms with Gasteiger partial charge in [-0.2, -0.15) is 13.2 Å². The van der Waals surface area contributed by atoms with Crippen LogP contribution in [-0.4, -0.2) is 32.5 Å². The number of carbonyl (C=O) groups is 1. The maximum atomic E-state index is 12.2. The Hall–Kier alpha value is -0.563. The summed E-state index contributed by atoms with van der Waals surface area (Å²) in [5, 5.41) is 1.92. The first-order valence-electron chi connectivity index (χ1n) is 6.12. The van der Waals surface area contributed by atoms with E-state index in [1.807, 2.05) is 39.2 Å². The van der Waals surface area contributed by atoms with E-state index < -0.39 is 25.9 Å². The van der Waals surface area contributed by atoms with Crippen molar-refractivity contribution in [2.24, 2.45) is 0 Å². The SMILES string of the molecule is CC(C)(CO[Si](C)(C)C(C)(C)C)NC(=O)C(F)(F)F. The molecular formula is C12H24F3NO2Si. The van der Waals surface area contributed by atoms with Gasteiger partial charge in [-0.15, -0.1) is 0 Å².